The van der Waals surface area contributed by atoms with E-state index in [4.69, 9.17) is 11.5 Å². The normalized spacial score (nSPS) is 12.6. The summed E-state index contributed by atoms with van der Waals surface area (Å²) in [4.78, 5) is 0. The number of ether oxygens (including phenoxy) is 2. The Balaban J connectivity index is 2.43. The summed E-state index contributed by atoms with van der Waals surface area (Å²) in [5, 5.41) is 0. The fourth-order valence-electron chi connectivity index (χ4n) is 3.26. The van der Waals surface area contributed by atoms with Crippen molar-refractivity contribution in [3.05, 3.63) is 69.3 Å². The molecule has 0 heterocycles. The van der Waals surface area contributed by atoms with Gasteiger partial charge in [0.05, 0.1) is 11.4 Å². The van der Waals surface area contributed by atoms with Crippen molar-refractivity contribution in [3.63, 3.8) is 0 Å². The summed E-state index contributed by atoms with van der Waals surface area (Å²) in [5.74, 6) is -34.1. The van der Waals surface area contributed by atoms with Crippen LogP contribution in [0.5, 0.6) is 23.0 Å². The quantitative estimate of drug-likeness (QED) is 0.170. The Labute approximate surface area is 218 Å². The Morgan fingerprint density at radius 1 is 0.429 bits per heavy atom. The summed E-state index contributed by atoms with van der Waals surface area (Å²) in [6.45, 7) is 0. The van der Waals surface area contributed by atoms with Gasteiger partial charge in [-0.2, -0.15) is 52.7 Å². The van der Waals surface area contributed by atoms with Gasteiger partial charge in [-0.3, -0.25) is 0 Å². The van der Waals surface area contributed by atoms with E-state index in [1.165, 1.54) is 0 Å². The molecule has 0 aliphatic carbocycles. The highest BCUT2D eigenvalue weighted by molar-refractivity contribution is 5.61. The first-order chi connectivity index (χ1) is 18.9. The summed E-state index contributed by atoms with van der Waals surface area (Å²) < 4.78 is 242. The Bertz CT molecular complexity index is 1590. The monoisotopic (exact) mass is 640 g/mol. The molecular weight excluding hydrogens is 635 g/mol. The van der Waals surface area contributed by atoms with Crippen LogP contribution >= 0.6 is 0 Å². The molecule has 0 fully saturated rings. The second kappa shape index (κ2) is 10.2. The Morgan fingerprint density at radius 2 is 0.786 bits per heavy atom. The van der Waals surface area contributed by atoms with Crippen LogP contribution in [0.15, 0.2) is 6.07 Å². The molecule has 0 saturated carbocycles. The van der Waals surface area contributed by atoms with Gasteiger partial charge in [-0.05, 0) is 6.07 Å². The third-order valence-corrected chi connectivity index (χ3v) is 5.05. The first-order valence-corrected chi connectivity index (χ1v) is 9.93. The first kappa shape index (κ1) is 32.2. The van der Waals surface area contributed by atoms with Crippen LogP contribution in [0.4, 0.5) is 86.0 Å². The molecule has 4 N–H and O–H groups in total. The fraction of sp³-hybridized carbons (Fsp3) is 0.143. The van der Waals surface area contributed by atoms with Crippen LogP contribution in [-0.2, 0) is 18.5 Å². The highest BCUT2D eigenvalue weighted by atomic mass is 19.4. The lowest BCUT2D eigenvalue weighted by atomic mass is 10.1. The maximum atomic E-state index is 15.2. The molecule has 42 heavy (non-hydrogen) atoms. The van der Waals surface area contributed by atoms with Gasteiger partial charge in [0.1, 0.15) is 16.7 Å². The zero-order valence-corrected chi connectivity index (χ0v) is 19.0. The molecule has 0 unspecified atom stereocenters. The predicted molar refractivity (Wildman–Crippen MR) is 103 cm³/mol. The smallest absolute Gasteiger partial charge is 0.422 e. The van der Waals surface area contributed by atoms with Crippen LogP contribution in [0.1, 0.15) is 16.7 Å². The van der Waals surface area contributed by atoms with Gasteiger partial charge >= 0.3 is 18.5 Å². The van der Waals surface area contributed by atoms with Gasteiger partial charge in [0.2, 0.25) is 23.2 Å². The largest absolute Gasteiger partial charge is 0.450 e. The highest BCUT2D eigenvalue weighted by Crippen LogP contribution is 2.51. The van der Waals surface area contributed by atoms with E-state index < -0.39 is 122 Å². The number of hydrogen-bond acceptors (Lipinski definition) is 4. The maximum Gasteiger partial charge on any atom is 0.422 e. The third kappa shape index (κ3) is 5.33. The number of halogens is 17. The number of nitrogen functional groups attached to an aromatic ring is 2. The van der Waals surface area contributed by atoms with E-state index in [9.17, 15) is 70.2 Å². The summed E-state index contributed by atoms with van der Waals surface area (Å²) in [6, 6.07) is -0.948. The van der Waals surface area contributed by atoms with E-state index in [0.29, 0.717) is 0 Å². The number of hydrogen-bond donors (Lipinski definition) is 2. The molecule has 0 aromatic heterocycles. The molecule has 0 spiro atoms. The van der Waals surface area contributed by atoms with Crippen molar-refractivity contribution in [1.82, 2.24) is 0 Å². The van der Waals surface area contributed by atoms with E-state index in [1.54, 1.807) is 0 Å². The van der Waals surface area contributed by atoms with Crippen LogP contribution in [0, 0.1) is 46.5 Å². The lowest BCUT2D eigenvalue weighted by molar-refractivity contribution is -0.140. The number of rotatable bonds is 4. The summed E-state index contributed by atoms with van der Waals surface area (Å²) in [5.41, 5.74) is -3.67. The van der Waals surface area contributed by atoms with Crippen LogP contribution in [0.25, 0.3) is 0 Å². The molecule has 0 aliphatic rings. The zero-order valence-electron chi connectivity index (χ0n) is 19.0. The standard InChI is InChI=1S/C21H5F17N2O2/c22-3-1-2(19(30,31)32)15(41-17-4(20(33,34)35)13(39)8(25)6(23)10(17)27)12(29)16(3)42-18-5(21(36,37)38)14(40)9(26)7(24)11(18)28/h1H,39-40H2. The van der Waals surface area contributed by atoms with Crippen molar-refractivity contribution in [1.29, 1.82) is 0 Å². The van der Waals surface area contributed by atoms with Crippen LogP contribution < -0.4 is 20.9 Å². The molecular formula is C21H5F17N2O2. The van der Waals surface area contributed by atoms with Crippen molar-refractivity contribution in [2.24, 2.45) is 0 Å². The average Bonchev–Trinajstić information content (AvgIpc) is 2.84. The highest BCUT2D eigenvalue weighted by Gasteiger charge is 2.46. The van der Waals surface area contributed by atoms with Gasteiger partial charge < -0.3 is 20.9 Å². The maximum absolute atomic E-state index is 15.2. The van der Waals surface area contributed by atoms with Gasteiger partial charge in [0.25, 0.3) is 0 Å². The number of alkyl halides is 9. The Hall–Kier alpha value is -4.33. The van der Waals surface area contributed by atoms with Crippen LogP contribution in [-0.4, -0.2) is 0 Å². The minimum Gasteiger partial charge on any atom is -0.450 e. The number of nitrogens with two attached hydrogens (primary N) is 2. The Kier molecular flexibility index (Phi) is 7.81. The van der Waals surface area contributed by atoms with E-state index in [-0.39, 0.29) is 0 Å². The van der Waals surface area contributed by atoms with Crippen molar-refractivity contribution in [2.45, 2.75) is 18.5 Å². The molecule has 3 rings (SSSR count). The van der Waals surface area contributed by atoms with Crippen LogP contribution in [0.3, 0.4) is 0 Å². The van der Waals surface area contributed by atoms with E-state index in [0.717, 1.165) is 0 Å². The molecule has 4 nitrogen and oxygen atoms in total. The second-order valence-corrected chi connectivity index (χ2v) is 7.70. The number of anilines is 2. The minimum atomic E-state index is -6.09. The molecule has 0 bridgehead atoms. The molecule has 3 aromatic carbocycles. The lowest BCUT2D eigenvalue weighted by Crippen LogP contribution is -2.18. The van der Waals surface area contributed by atoms with Gasteiger partial charge in [0, 0.05) is 0 Å². The summed E-state index contributed by atoms with van der Waals surface area (Å²) in [7, 11) is 0. The summed E-state index contributed by atoms with van der Waals surface area (Å²) >= 11 is 0. The third-order valence-electron chi connectivity index (χ3n) is 5.05. The van der Waals surface area contributed by atoms with Crippen molar-refractivity contribution >= 4 is 11.4 Å². The zero-order chi connectivity index (χ0) is 32.4. The molecule has 0 aliphatic heterocycles. The van der Waals surface area contributed by atoms with Crippen molar-refractivity contribution in [3.8, 4) is 23.0 Å². The molecule has 3 aromatic rings. The van der Waals surface area contributed by atoms with Gasteiger partial charge in [-0.25, -0.2) is 22.0 Å². The molecule has 0 radical (unpaired) electrons. The van der Waals surface area contributed by atoms with Gasteiger partial charge in [-0.15, -0.1) is 0 Å². The van der Waals surface area contributed by atoms with E-state index >= 15 is 4.39 Å². The minimum absolute atomic E-state index is 0.948. The molecule has 230 valence electrons. The topological polar surface area (TPSA) is 70.5 Å². The molecule has 0 amide bonds. The van der Waals surface area contributed by atoms with E-state index in [2.05, 4.69) is 9.47 Å². The van der Waals surface area contributed by atoms with Crippen molar-refractivity contribution < 1.29 is 84.1 Å². The first-order valence-electron chi connectivity index (χ1n) is 9.93. The van der Waals surface area contributed by atoms with Crippen LogP contribution in [0.2, 0.25) is 0 Å². The Morgan fingerprint density at radius 3 is 1.12 bits per heavy atom. The molecule has 0 atom stereocenters. The molecule has 0 saturated heterocycles. The number of benzene rings is 3. The molecule has 21 heteroatoms. The predicted octanol–water partition coefficient (Wildman–Crippen LogP) is 8.60. The average molecular weight is 640 g/mol. The lowest BCUT2D eigenvalue weighted by Gasteiger charge is -2.22. The second-order valence-electron chi connectivity index (χ2n) is 7.70. The fourth-order valence-corrected chi connectivity index (χ4v) is 3.26. The SMILES string of the molecule is Nc1c(F)c(F)c(F)c(Oc2c(F)cc(C(F)(F)F)c(Oc3c(F)c(F)c(F)c(N)c3C(F)(F)F)c2F)c1C(F)(F)F. The van der Waals surface area contributed by atoms with E-state index in [1.807, 2.05) is 0 Å². The summed E-state index contributed by atoms with van der Waals surface area (Å²) in [6.07, 6.45) is -18.2. The van der Waals surface area contributed by atoms with Crippen molar-refractivity contribution in [2.75, 3.05) is 11.5 Å². The van der Waals surface area contributed by atoms with Gasteiger partial charge in [0.15, 0.2) is 46.3 Å². The van der Waals surface area contributed by atoms with Gasteiger partial charge in [-0.1, -0.05) is 0 Å².